The lowest BCUT2D eigenvalue weighted by atomic mass is 10.2. The Kier molecular flexibility index (Phi) is 4.92. The first kappa shape index (κ1) is 13.2. The number of allylic oxidation sites excluding steroid dienone is 1. The highest BCUT2D eigenvalue weighted by Crippen LogP contribution is 2.19. The number of hydrogen-bond acceptors (Lipinski definition) is 4. The first-order valence-electron chi connectivity index (χ1n) is 5.32. The number of aliphatic carboxylic acids is 1. The van der Waals surface area contributed by atoms with E-state index in [1.807, 2.05) is 19.1 Å². The van der Waals surface area contributed by atoms with Crippen LogP contribution >= 0.6 is 0 Å². The minimum absolute atomic E-state index is 0.183. The number of ether oxygens (including phenoxy) is 3. The summed E-state index contributed by atoms with van der Waals surface area (Å²) >= 11 is 0. The van der Waals surface area contributed by atoms with E-state index in [2.05, 4.69) is 0 Å². The summed E-state index contributed by atoms with van der Waals surface area (Å²) in [5.41, 5.74) is 0. The summed E-state index contributed by atoms with van der Waals surface area (Å²) in [6.45, 7) is 4.43. The average molecular weight is 230 g/mol. The monoisotopic (exact) mass is 230 g/mol. The van der Waals surface area contributed by atoms with Crippen molar-refractivity contribution in [1.29, 1.82) is 0 Å². The molecule has 0 aromatic rings. The van der Waals surface area contributed by atoms with Gasteiger partial charge in [0.25, 0.3) is 5.79 Å². The van der Waals surface area contributed by atoms with Crippen molar-refractivity contribution >= 4 is 5.97 Å². The molecule has 0 saturated carbocycles. The van der Waals surface area contributed by atoms with Gasteiger partial charge in [-0.1, -0.05) is 12.2 Å². The molecule has 16 heavy (non-hydrogen) atoms. The standard InChI is InChI=1S/C11H18O5/c1-3-4-5-6-14-9-7-15-11(2,10(12)13)16-8-9/h3-4,9H,5-8H2,1-2H3,(H,12,13)/b4-3-. The van der Waals surface area contributed by atoms with Gasteiger partial charge in [0.05, 0.1) is 19.8 Å². The van der Waals surface area contributed by atoms with E-state index in [4.69, 9.17) is 19.3 Å². The van der Waals surface area contributed by atoms with Gasteiger partial charge in [-0.05, 0) is 13.3 Å². The van der Waals surface area contributed by atoms with Crippen LogP contribution in [-0.4, -0.2) is 42.8 Å². The van der Waals surface area contributed by atoms with E-state index in [-0.39, 0.29) is 19.3 Å². The lowest BCUT2D eigenvalue weighted by Crippen LogP contribution is -2.50. The number of hydrogen-bond donors (Lipinski definition) is 1. The summed E-state index contributed by atoms with van der Waals surface area (Å²) in [7, 11) is 0. The number of rotatable bonds is 5. The molecule has 1 aliphatic rings. The Morgan fingerprint density at radius 1 is 1.56 bits per heavy atom. The average Bonchev–Trinajstić information content (AvgIpc) is 2.27. The summed E-state index contributed by atoms with van der Waals surface area (Å²) in [6.07, 6.45) is 4.62. The van der Waals surface area contributed by atoms with Gasteiger partial charge in [0.2, 0.25) is 0 Å². The molecule has 0 amide bonds. The van der Waals surface area contributed by atoms with Crippen LogP contribution in [0.1, 0.15) is 20.3 Å². The molecule has 0 radical (unpaired) electrons. The largest absolute Gasteiger partial charge is 0.477 e. The highest BCUT2D eigenvalue weighted by atomic mass is 16.7. The van der Waals surface area contributed by atoms with E-state index in [1.54, 1.807) is 0 Å². The molecule has 1 aliphatic heterocycles. The van der Waals surface area contributed by atoms with Gasteiger partial charge < -0.3 is 19.3 Å². The van der Waals surface area contributed by atoms with Crippen LogP contribution in [0.25, 0.3) is 0 Å². The number of carboxylic acids is 1. The second-order valence-electron chi connectivity index (χ2n) is 3.72. The molecule has 1 N–H and O–H groups in total. The SMILES string of the molecule is C/C=C\CCOC1COC(C)(C(=O)O)OC1. The third-order valence-corrected chi connectivity index (χ3v) is 2.35. The van der Waals surface area contributed by atoms with Crippen LogP contribution in [0.2, 0.25) is 0 Å². The minimum atomic E-state index is -1.52. The Morgan fingerprint density at radius 2 is 2.19 bits per heavy atom. The van der Waals surface area contributed by atoms with Crippen LogP contribution in [0, 0.1) is 0 Å². The van der Waals surface area contributed by atoms with E-state index in [0.717, 1.165) is 6.42 Å². The predicted molar refractivity (Wildman–Crippen MR) is 57.1 cm³/mol. The molecule has 1 fully saturated rings. The van der Waals surface area contributed by atoms with Gasteiger partial charge in [-0.3, -0.25) is 0 Å². The predicted octanol–water partition coefficient (Wildman–Crippen LogP) is 1.19. The van der Waals surface area contributed by atoms with Gasteiger partial charge in [-0.15, -0.1) is 0 Å². The maximum absolute atomic E-state index is 10.8. The van der Waals surface area contributed by atoms with Crippen molar-refractivity contribution in [2.24, 2.45) is 0 Å². The van der Waals surface area contributed by atoms with Crippen LogP contribution < -0.4 is 0 Å². The zero-order valence-electron chi connectivity index (χ0n) is 9.64. The van der Waals surface area contributed by atoms with Crippen LogP contribution in [0.4, 0.5) is 0 Å². The molecule has 1 saturated heterocycles. The van der Waals surface area contributed by atoms with E-state index in [0.29, 0.717) is 6.61 Å². The van der Waals surface area contributed by atoms with Gasteiger partial charge in [0.15, 0.2) is 0 Å². The molecule has 5 nitrogen and oxygen atoms in total. The highest BCUT2D eigenvalue weighted by Gasteiger charge is 2.40. The Balaban J connectivity index is 2.24. The van der Waals surface area contributed by atoms with Gasteiger partial charge in [0.1, 0.15) is 6.10 Å². The maximum Gasteiger partial charge on any atom is 0.364 e. The zero-order chi connectivity index (χ0) is 12.0. The molecule has 0 spiro atoms. The first-order chi connectivity index (χ1) is 7.58. The van der Waals surface area contributed by atoms with Crippen molar-refractivity contribution in [3.05, 3.63) is 12.2 Å². The van der Waals surface area contributed by atoms with E-state index in [1.165, 1.54) is 6.92 Å². The summed E-state index contributed by atoms with van der Waals surface area (Å²) < 4.78 is 15.7. The lowest BCUT2D eigenvalue weighted by Gasteiger charge is -2.34. The third-order valence-electron chi connectivity index (χ3n) is 2.35. The van der Waals surface area contributed by atoms with E-state index >= 15 is 0 Å². The summed E-state index contributed by atoms with van der Waals surface area (Å²) in [5.74, 6) is -2.64. The second kappa shape index (κ2) is 5.98. The Hall–Kier alpha value is -0.910. The highest BCUT2D eigenvalue weighted by molar-refractivity contribution is 5.75. The number of carboxylic acid groups (broad SMARTS) is 1. The van der Waals surface area contributed by atoms with Crippen LogP contribution in [0.5, 0.6) is 0 Å². The topological polar surface area (TPSA) is 65.0 Å². The first-order valence-corrected chi connectivity index (χ1v) is 5.32. The molecule has 1 rings (SSSR count). The normalized spacial score (nSPS) is 30.8. The molecule has 92 valence electrons. The van der Waals surface area contributed by atoms with Crippen LogP contribution in [0.3, 0.4) is 0 Å². The maximum atomic E-state index is 10.8. The molecule has 5 heteroatoms. The second-order valence-corrected chi connectivity index (χ2v) is 3.72. The fourth-order valence-electron chi connectivity index (χ4n) is 1.28. The van der Waals surface area contributed by atoms with Crippen LogP contribution in [0.15, 0.2) is 12.2 Å². The van der Waals surface area contributed by atoms with Crippen molar-refractivity contribution in [3.8, 4) is 0 Å². The smallest absolute Gasteiger partial charge is 0.364 e. The summed E-state index contributed by atoms with van der Waals surface area (Å²) in [4.78, 5) is 10.8. The Bertz CT molecular complexity index is 253. The molecule has 1 heterocycles. The fourth-order valence-corrected chi connectivity index (χ4v) is 1.28. The van der Waals surface area contributed by atoms with Crippen molar-refractivity contribution < 1.29 is 24.1 Å². The van der Waals surface area contributed by atoms with Crippen molar-refractivity contribution in [2.75, 3.05) is 19.8 Å². The Morgan fingerprint density at radius 3 is 2.69 bits per heavy atom. The van der Waals surface area contributed by atoms with Crippen molar-refractivity contribution in [1.82, 2.24) is 0 Å². The molecule has 0 atom stereocenters. The number of carbonyl (C=O) groups is 1. The van der Waals surface area contributed by atoms with Gasteiger partial charge in [-0.25, -0.2) is 4.79 Å². The fraction of sp³-hybridized carbons (Fsp3) is 0.727. The van der Waals surface area contributed by atoms with Gasteiger partial charge in [-0.2, -0.15) is 0 Å². The summed E-state index contributed by atoms with van der Waals surface area (Å²) in [5, 5.41) is 8.83. The Labute approximate surface area is 95.0 Å². The molecule has 0 unspecified atom stereocenters. The minimum Gasteiger partial charge on any atom is -0.477 e. The molecular formula is C11H18O5. The van der Waals surface area contributed by atoms with E-state index in [9.17, 15) is 4.79 Å². The molecular weight excluding hydrogens is 212 g/mol. The van der Waals surface area contributed by atoms with Gasteiger partial charge >= 0.3 is 5.97 Å². The van der Waals surface area contributed by atoms with Crippen molar-refractivity contribution in [2.45, 2.75) is 32.2 Å². The lowest BCUT2D eigenvalue weighted by molar-refractivity contribution is -0.283. The molecule has 0 aliphatic carbocycles. The van der Waals surface area contributed by atoms with Crippen LogP contribution in [-0.2, 0) is 19.0 Å². The quantitative estimate of drug-likeness (QED) is 0.567. The molecule has 0 aromatic carbocycles. The van der Waals surface area contributed by atoms with Gasteiger partial charge in [0, 0.05) is 6.92 Å². The molecule has 0 bridgehead atoms. The van der Waals surface area contributed by atoms with Crippen molar-refractivity contribution in [3.63, 3.8) is 0 Å². The zero-order valence-corrected chi connectivity index (χ0v) is 9.64. The van der Waals surface area contributed by atoms with E-state index < -0.39 is 11.8 Å². The summed E-state index contributed by atoms with van der Waals surface area (Å²) in [6, 6.07) is 0. The third kappa shape index (κ3) is 3.59. The molecule has 0 aromatic heterocycles.